The zero-order valence-electron chi connectivity index (χ0n) is 11.1. The highest BCUT2D eigenvalue weighted by Gasteiger charge is 2.25. The Morgan fingerprint density at radius 2 is 2.16 bits per heavy atom. The number of methoxy groups -OCH3 is 2. The lowest BCUT2D eigenvalue weighted by Gasteiger charge is -2.18. The van der Waals surface area contributed by atoms with Crippen molar-refractivity contribution in [1.82, 2.24) is 5.32 Å². The third kappa shape index (κ3) is 3.05. The Balaban J connectivity index is 2.35. The molecule has 1 N–H and O–H groups in total. The molecule has 102 valence electrons. The van der Waals surface area contributed by atoms with E-state index in [-0.39, 0.29) is 24.3 Å². The number of benzene rings is 1. The standard InChI is InChI=1S/C14H17NO4/c1-18-10-5-3-9-4-6-13(16)15-12(11(9)7-10)8-14(17)19-2/h3,5,7,12H,4,6,8H2,1-2H3,(H,15,16). The summed E-state index contributed by atoms with van der Waals surface area (Å²) < 4.78 is 9.88. The topological polar surface area (TPSA) is 64.6 Å². The fourth-order valence-corrected chi connectivity index (χ4v) is 2.26. The van der Waals surface area contributed by atoms with Crippen LogP contribution in [0.5, 0.6) is 5.75 Å². The third-order valence-electron chi connectivity index (χ3n) is 3.28. The molecular weight excluding hydrogens is 246 g/mol. The third-order valence-corrected chi connectivity index (χ3v) is 3.28. The number of carbonyl (C=O) groups is 2. The number of rotatable bonds is 3. The zero-order chi connectivity index (χ0) is 13.8. The summed E-state index contributed by atoms with van der Waals surface area (Å²) in [5.74, 6) is 0.315. The van der Waals surface area contributed by atoms with Crippen LogP contribution in [-0.4, -0.2) is 26.1 Å². The molecule has 0 radical (unpaired) electrons. The van der Waals surface area contributed by atoms with Crippen molar-refractivity contribution >= 4 is 11.9 Å². The van der Waals surface area contributed by atoms with Gasteiger partial charge in [-0.3, -0.25) is 9.59 Å². The smallest absolute Gasteiger partial charge is 0.307 e. The Kier molecular flexibility index (Phi) is 4.04. The molecule has 1 unspecified atom stereocenters. The molecule has 0 saturated heterocycles. The van der Waals surface area contributed by atoms with Crippen LogP contribution in [0.3, 0.4) is 0 Å². The molecule has 1 heterocycles. The predicted octanol–water partition coefficient (Wildman–Crippen LogP) is 1.36. The van der Waals surface area contributed by atoms with Crippen LogP contribution in [0.2, 0.25) is 0 Å². The van der Waals surface area contributed by atoms with Gasteiger partial charge in [0.15, 0.2) is 0 Å². The molecule has 2 rings (SSSR count). The van der Waals surface area contributed by atoms with Crippen LogP contribution < -0.4 is 10.1 Å². The molecule has 1 aromatic rings. The summed E-state index contributed by atoms with van der Waals surface area (Å²) in [5.41, 5.74) is 1.99. The van der Waals surface area contributed by atoms with Crippen LogP contribution in [0.25, 0.3) is 0 Å². The van der Waals surface area contributed by atoms with Gasteiger partial charge in [0.25, 0.3) is 0 Å². The van der Waals surface area contributed by atoms with Crippen molar-refractivity contribution in [3.8, 4) is 5.75 Å². The summed E-state index contributed by atoms with van der Waals surface area (Å²) in [6.45, 7) is 0. The summed E-state index contributed by atoms with van der Waals surface area (Å²) in [6, 6.07) is 5.32. The maximum absolute atomic E-state index is 11.7. The molecule has 0 bridgehead atoms. The number of ether oxygens (including phenoxy) is 2. The Morgan fingerprint density at radius 3 is 2.84 bits per heavy atom. The van der Waals surface area contributed by atoms with Crippen molar-refractivity contribution in [1.29, 1.82) is 0 Å². The Bertz CT molecular complexity index is 498. The number of esters is 1. The minimum atomic E-state index is -0.354. The van der Waals surface area contributed by atoms with Crippen LogP contribution >= 0.6 is 0 Å². The fraction of sp³-hybridized carbons (Fsp3) is 0.429. The van der Waals surface area contributed by atoms with Gasteiger partial charge in [-0.1, -0.05) is 6.07 Å². The van der Waals surface area contributed by atoms with Gasteiger partial charge in [-0.15, -0.1) is 0 Å². The molecule has 1 aromatic carbocycles. The Labute approximate surface area is 111 Å². The highest BCUT2D eigenvalue weighted by atomic mass is 16.5. The minimum absolute atomic E-state index is 0.0518. The van der Waals surface area contributed by atoms with Crippen LogP contribution in [0.1, 0.15) is 30.0 Å². The lowest BCUT2D eigenvalue weighted by Crippen LogP contribution is -2.28. The van der Waals surface area contributed by atoms with Crippen LogP contribution in [0, 0.1) is 0 Å². The number of fused-ring (bicyclic) bond motifs is 1. The Hall–Kier alpha value is -2.04. The molecule has 1 aliphatic heterocycles. The maximum Gasteiger partial charge on any atom is 0.307 e. The first-order valence-corrected chi connectivity index (χ1v) is 6.17. The van der Waals surface area contributed by atoms with Crippen molar-refractivity contribution in [3.05, 3.63) is 29.3 Å². The van der Waals surface area contributed by atoms with Crippen LogP contribution in [0.15, 0.2) is 18.2 Å². The first-order chi connectivity index (χ1) is 9.13. The molecule has 0 spiro atoms. The van der Waals surface area contributed by atoms with Crippen molar-refractivity contribution < 1.29 is 19.1 Å². The van der Waals surface area contributed by atoms with E-state index in [0.717, 1.165) is 11.1 Å². The molecule has 5 nitrogen and oxygen atoms in total. The summed E-state index contributed by atoms with van der Waals surface area (Å²) in [7, 11) is 2.93. The van der Waals surface area contributed by atoms with Crippen molar-refractivity contribution in [2.75, 3.05) is 14.2 Å². The van der Waals surface area contributed by atoms with Crippen LogP contribution in [-0.2, 0) is 20.7 Å². The SMILES string of the molecule is COC(=O)CC1NC(=O)CCc2ccc(OC)cc21. The molecule has 5 heteroatoms. The molecular formula is C14H17NO4. The van der Waals surface area contributed by atoms with E-state index in [0.29, 0.717) is 18.6 Å². The lowest BCUT2D eigenvalue weighted by atomic mass is 9.96. The van der Waals surface area contributed by atoms with Gasteiger partial charge in [0, 0.05) is 6.42 Å². The van der Waals surface area contributed by atoms with Crippen LogP contribution in [0.4, 0.5) is 0 Å². The maximum atomic E-state index is 11.7. The van der Waals surface area contributed by atoms with E-state index >= 15 is 0 Å². The van der Waals surface area contributed by atoms with Gasteiger partial charge in [0.2, 0.25) is 5.91 Å². The van der Waals surface area contributed by atoms with Gasteiger partial charge in [-0.25, -0.2) is 0 Å². The second-order valence-corrected chi connectivity index (χ2v) is 4.47. The number of nitrogens with one attached hydrogen (secondary N) is 1. The van der Waals surface area contributed by atoms with Crippen molar-refractivity contribution in [2.45, 2.75) is 25.3 Å². The molecule has 0 aliphatic carbocycles. The summed E-state index contributed by atoms with van der Waals surface area (Å²) >= 11 is 0. The van der Waals surface area contributed by atoms with E-state index in [1.165, 1.54) is 7.11 Å². The van der Waals surface area contributed by atoms with E-state index in [2.05, 4.69) is 10.1 Å². The van der Waals surface area contributed by atoms with Gasteiger partial charge in [-0.05, 0) is 29.7 Å². The molecule has 19 heavy (non-hydrogen) atoms. The highest BCUT2D eigenvalue weighted by Crippen LogP contribution is 2.29. The molecule has 0 fully saturated rings. The number of aryl methyl sites for hydroxylation is 1. The van der Waals surface area contributed by atoms with Crippen molar-refractivity contribution in [3.63, 3.8) is 0 Å². The molecule has 1 aliphatic rings. The summed E-state index contributed by atoms with van der Waals surface area (Å²) in [4.78, 5) is 23.2. The van der Waals surface area contributed by atoms with Gasteiger partial charge in [0.1, 0.15) is 5.75 Å². The molecule has 0 saturated carbocycles. The van der Waals surface area contributed by atoms with Gasteiger partial charge < -0.3 is 14.8 Å². The molecule has 0 aromatic heterocycles. The number of hydrogen-bond acceptors (Lipinski definition) is 4. The number of amides is 1. The molecule has 1 atom stereocenters. The largest absolute Gasteiger partial charge is 0.497 e. The minimum Gasteiger partial charge on any atom is -0.497 e. The van der Waals surface area contributed by atoms with E-state index in [1.807, 2.05) is 18.2 Å². The molecule has 1 amide bonds. The van der Waals surface area contributed by atoms with E-state index in [9.17, 15) is 9.59 Å². The Morgan fingerprint density at radius 1 is 1.37 bits per heavy atom. The van der Waals surface area contributed by atoms with Gasteiger partial charge in [0.05, 0.1) is 26.7 Å². The predicted molar refractivity (Wildman–Crippen MR) is 68.8 cm³/mol. The quantitative estimate of drug-likeness (QED) is 0.836. The first kappa shape index (κ1) is 13.4. The number of carbonyl (C=O) groups excluding carboxylic acids is 2. The van der Waals surface area contributed by atoms with E-state index < -0.39 is 0 Å². The average molecular weight is 263 g/mol. The van der Waals surface area contributed by atoms with Gasteiger partial charge >= 0.3 is 5.97 Å². The fourth-order valence-electron chi connectivity index (χ4n) is 2.26. The van der Waals surface area contributed by atoms with Gasteiger partial charge in [-0.2, -0.15) is 0 Å². The average Bonchev–Trinajstić information content (AvgIpc) is 2.58. The first-order valence-electron chi connectivity index (χ1n) is 6.17. The summed E-state index contributed by atoms with van der Waals surface area (Å²) in [5, 5.41) is 2.86. The second kappa shape index (κ2) is 5.73. The zero-order valence-corrected chi connectivity index (χ0v) is 11.1. The van der Waals surface area contributed by atoms with E-state index in [4.69, 9.17) is 4.74 Å². The van der Waals surface area contributed by atoms with Crippen molar-refractivity contribution in [2.24, 2.45) is 0 Å². The lowest BCUT2D eigenvalue weighted by molar-refractivity contribution is -0.141. The normalized spacial score (nSPS) is 18.0. The summed E-state index contributed by atoms with van der Waals surface area (Å²) in [6.07, 6.45) is 1.22. The highest BCUT2D eigenvalue weighted by molar-refractivity contribution is 5.79. The second-order valence-electron chi connectivity index (χ2n) is 4.47. The number of hydrogen-bond donors (Lipinski definition) is 1. The monoisotopic (exact) mass is 263 g/mol. The van der Waals surface area contributed by atoms with E-state index in [1.54, 1.807) is 7.11 Å².